The number of aliphatic carboxylic acids is 1. The largest absolute Gasteiger partial charge is 0.491 e. The lowest BCUT2D eigenvalue weighted by Crippen LogP contribution is -2.35. The zero-order chi connectivity index (χ0) is 22.1. The minimum Gasteiger partial charge on any atom is -0.481 e. The second-order valence-electron chi connectivity index (χ2n) is 7.53. The van der Waals surface area contributed by atoms with E-state index < -0.39 is 37.8 Å². The van der Waals surface area contributed by atoms with Crippen molar-refractivity contribution in [2.24, 2.45) is 5.92 Å². The minimum atomic E-state index is -1.21. The normalized spacial score (nSPS) is 15.4. The molecule has 0 unspecified atom stereocenters. The van der Waals surface area contributed by atoms with Gasteiger partial charge in [0.25, 0.3) is 5.91 Å². The highest BCUT2D eigenvalue weighted by molar-refractivity contribution is 6.62. The lowest BCUT2D eigenvalue weighted by Gasteiger charge is -2.14. The average molecular weight is 423 g/mol. The Morgan fingerprint density at radius 2 is 1.48 bits per heavy atom. The maximum absolute atomic E-state index is 12.6. The number of Topliss-reactive ketones (excluding diaryl/α,β-unsaturated/α-hetero) is 1. The standard InChI is InChI=1S/C20H19B2NO8/c24-18(11-1-3-13-9-30-21(28)16(13)5-11)7-15(20(26)27)8-23-19(25)12-2-4-14-10-31-22(29)17(14)6-12/h1-6,15,28-29H,7-10H2,(H,23,25)(H,26,27)/t15-/m0/s1. The number of benzene rings is 2. The minimum absolute atomic E-state index is 0.243. The maximum Gasteiger partial charge on any atom is 0.491 e. The van der Waals surface area contributed by atoms with Gasteiger partial charge in [-0.05, 0) is 34.2 Å². The van der Waals surface area contributed by atoms with Gasteiger partial charge in [-0.15, -0.1) is 0 Å². The van der Waals surface area contributed by atoms with Crippen LogP contribution in [-0.4, -0.2) is 53.6 Å². The SMILES string of the molecule is O=C(C[C@@H](CNC(=O)c1ccc2c(c1)B(O)OC2)C(=O)O)c1ccc2c(c1)B(O)OC2. The van der Waals surface area contributed by atoms with E-state index >= 15 is 0 Å². The Morgan fingerprint density at radius 1 is 0.935 bits per heavy atom. The van der Waals surface area contributed by atoms with Gasteiger partial charge in [-0.25, -0.2) is 0 Å². The third-order valence-electron chi connectivity index (χ3n) is 5.49. The number of carboxylic acids is 1. The lowest BCUT2D eigenvalue weighted by molar-refractivity contribution is -0.141. The third-order valence-corrected chi connectivity index (χ3v) is 5.49. The number of carbonyl (C=O) groups is 3. The molecule has 9 nitrogen and oxygen atoms in total. The summed E-state index contributed by atoms with van der Waals surface area (Å²) < 4.78 is 10.2. The van der Waals surface area contributed by atoms with E-state index in [0.29, 0.717) is 10.9 Å². The summed E-state index contributed by atoms with van der Waals surface area (Å²) in [6.45, 7) is 0.265. The van der Waals surface area contributed by atoms with E-state index in [1.165, 1.54) is 12.1 Å². The fourth-order valence-electron chi connectivity index (χ4n) is 3.65. The van der Waals surface area contributed by atoms with Crippen molar-refractivity contribution in [1.29, 1.82) is 0 Å². The van der Waals surface area contributed by atoms with Crippen LogP contribution in [0.15, 0.2) is 36.4 Å². The van der Waals surface area contributed by atoms with Gasteiger partial charge in [0, 0.05) is 24.1 Å². The fraction of sp³-hybridized carbons (Fsp3) is 0.250. The molecule has 0 aliphatic carbocycles. The predicted octanol–water partition coefficient (Wildman–Crippen LogP) is -1.17. The Balaban J connectivity index is 1.40. The number of fused-ring (bicyclic) bond motifs is 2. The van der Waals surface area contributed by atoms with Crippen molar-refractivity contribution in [2.45, 2.75) is 19.6 Å². The number of hydrogen-bond acceptors (Lipinski definition) is 7. The van der Waals surface area contributed by atoms with Crippen LogP contribution in [0.2, 0.25) is 0 Å². The van der Waals surface area contributed by atoms with Crippen LogP contribution in [0.4, 0.5) is 0 Å². The molecule has 2 aromatic rings. The molecule has 0 aromatic heterocycles. The number of nitrogens with one attached hydrogen (secondary N) is 1. The molecule has 2 aliphatic heterocycles. The summed E-state index contributed by atoms with van der Waals surface area (Å²) in [7, 11) is -2.20. The molecule has 0 saturated heterocycles. The molecule has 2 aliphatic rings. The number of carbonyl (C=O) groups excluding carboxylic acids is 2. The van der Waals surface area contributed by atoms with Crippen molar-refractivity contribution in [3.05, 3.63) is 58.7 Å². The molecule has 0 saturated carbocycles. The molecular formula is C20H19B2NO8. The van der Waals surface area contributed by atoms with E-state index in [1.54, 1.807) is 24.3 Å². The van der Waals surface area contributed by atoms with E-state index in [4.69, 9.17) is 9.31 Å². The van der Waals surface area contributed by atoms with Crippen molar-refractivity contribution in [3.8, 4) is 0 Å². The second-order valence-corrected chi connectivity index (χ2v) is 7.53. The van der Waals surface area contributed by atoms with Gasteiger partial charge in [0.15, 0.2) is 5.78 Å². The number of hydrogen-bond donors (Lipinski definition) is 4. The molecule has 31 heavy (non-hydrogen) atoms. The van der Waals surface area contributed by atoms with Crippen LogP contribution in [0.3, 0.4) is 0 Å². The Kier molecular flexibility index (Phi) is 5.92. The molecule has 0 spiro atoms. The van der Waals surface area contributed by atoms with E-state index in [9.17, 15) is 29.5 Å². The lowest BCUT2D eigenvalue weighted by atomic mass is 9.78. The summed E-state index contributed by atoms with van der Waals surface area (Å²) in [5.41, 5.74) is 3.08. The number of carboxylic acid groups (broad SMARTS) is 1. The topological polar surface area (TPSA) is 142 Å². The van der Waals surface area contributed by atoms with Gasteiger partial charge in [0.2, 0.25) is 0 Å². The highest BCUT2D eigenvalue weighted by Crippen LogP contribution is 2.16. The number of amides is 1. The Bertz CT molecular complexity index is 1060. The number of ketones is 1. The van der Waals surface area contributed by atoms with Crippen LogP contribution in [0.25, 0.3) is 0 Å². The molecule has 0 bridgehead atoms. The van der Waals surface area contributed by atoms with E-state index in [-0.39, 0.29) is 37.3 Å². The molecule has 0 fully saturated rings. The van der Waals surface area contributed by atoms with Crippen LogP contribution >= 0.6 is 0 Å². The van der Waals surface area contributed by atoms with Gasteiger partial charge < -0.3 is 29.8 Å². The first-order valence-corrected chi connectivity index (χ1v) is 9.72. The van der Waals surface area contributed by atoms with Crippen molar-refractivity contribution in [3.63, 3.8) is 0 Å². The summed E-state index contributed by atoms with van der Waals surface area (Å²) in [5, 5.41) is 31.6. The first-order valence-electron chi connectivity index (χ1n) is 9.72. The molecule has 11 heteroatoms. The summed E-state index contributed by atoms with van der Waals surface area (Å²) in [6, 6.07) is 9.48. The van der Waals surface area contributed by atoms with Gasteiger partial charge in [-0.3, -0.25) is 14.4 Å². The predicted molar refractivity (Wildman–Crippen MR) is 110 cm³/mol. The van der Waals surface area contributed by atoms with Crippen LogP contribution in [-0.2, 0) is 27.3 Å². The highest BCUT2D eigenvalue weighted by atomic mass is 16.5. The highest BCUT2D eigenvalue weighted by Gasteiger charge is 2.30. The van der Waals surface area contributed by atoms with Crippen molar-refractivity contribution >= 4 is 42.8 Å². The Hall–Kier alpha value is -2.98. The number of rotatable bonds is 7. The monoisotopic (exact) mass is 423 g/mol. The van der Waals surface area contributed by atoms with Crippen molar-refractivity contribution in [1.82, 2.24) is 5.32 Å². The van der Waals surface area contributed by atoms with Gasteiger partial charge in [0.05, 0.1) is 19.1 Å². The first kappa shape index (κ1) is 21.3. The van der Waals surface area contributed by atoms with Crippen LogP contribution in [0.1, 0.15) is 38.3 Å². The van der Waals surface area contributed by atoms with Gasteiger partial charge in [0.1, 0.15) is 0 Å². The molecule has 4 rings (SSSR count). The zero-order valence-corrected chi connectivity index (χ0v) is 16.4. The Morgan fingerprint density at radius 3 is 2.06 bits per heavy atom. The first-order chi connectivity index (χ1) is 14.8. The zero-order valence-electron chi connectivity index (χ0n) is 16.4. The smallest absolute Gasteiger partial charge is 0.481 e. The second kappa shape index (κ2) is 8.64. The summed E-state index contributed by atoms with van der Waals surface area (Å²) >= 11 is 0. The molecule has 2 aromatic carbocycles. The quantitative estimate of drug-likeness (QED) is 0.323. The molecule has 1 amide bonds. The van der Waals surface area contributed by atoms with E-state index in [1.807, 2.05) is 0 Å². The van der Waals surface area contributed by atoms with Crippen LogP contribution in [0, 0.1) is 5.92 Å². The van der Waals surface area contributed by atoms with Gasteiger partial charge in [-0.2, -0.15) is 0 Å². The Labute approximate surface area is 178 Å². The van der Waals surface area contributed by atoms with E-state index in [2.05, 4.69) is 5.32 Å². The molecule has 2 heterocycles. The molecule has 0 radical (unpaired) electrons. The average Bonchev–Trinajstić information content (AvgIpc) is 3.32. The molecular weight excluding hydrogens is 404 g/mol. The van der Waals surface area contributed by atoms with Crippen LogP contribution in [0.5, 0.6) is 0 Å². The van der Waals surface area contributed by atoms with Gasteiger partial charge >= 0.3 is 20.2 Å². The van der Waals surface area contributed by atoms with Crippen molar-refractivity contribution in [2.75, 3.05) is 6.54 Å². The molecule has 1 atom stereocenters. The summed E-state index contributed by atoms with van der Waals surface area (Å²) in [6.07, 6.45) is -0.317. The summed E-state index contributed by atoms with van der Waals surface area (Å²) in [4.78, 5) is 36.7. The molecule has 4 N–H and O–H groups in total. The van der Waals surface area contributed by atoms with E-state index in [0.717, 1.165) is 11.1 Å². The van der Waals surface area contributed by atoms with Crippen molar-refractivity contribution < 1.29 is 38.8 Å². The third kappa shape index (κ3) is 4.40. The van der Waals surface area contributed by atoms with Gasteiger partial charge in [-0.1, -0.05) is 24.3 Å². The summed E-state index contributed by atoms with van der Waals surface area (Å²) in [5.74, 6) is -3.27. The van der Waals surface area contributed by atoms with Crippen LogP contribution < -0.4 is 16.2 Å². The maximum atomic E-state index is 12.6. The fourth-order valence-corrected chi connectivity index (χ4v) is 3.65. The molecule has 158 valence electrons.